The number of rotatable bonds is 6. The summed E-state index contributed by atoms with van der Waals surface area (Å²) in [5, 5.41) is 12.4. The van der Waals surface area contributed by atoms with Crippen LogP contribution < -0.4 is 5.32 Å². The number of hydrogen-bond acceptors (Lipinski definition) is 3. The molecule has 0 aromatic carbocycles. The third kappa shape index (κ3) is 3.22. The Kier molecular flexibility index (Phi) is 3.55. The highest BCUT2D eigenvalue weighted by Crippen LogP contribution is 2.44. The molecule has 1 aliphatic rings. The Morgan fingerprint density at radius 3 is 2.78 bits per heavy atom. The molecule has 1 saturated carbocycles. The highest BCUT2D eigenvalue weighted by molar-refractivity contribution is 5.88. The summed E-state index contributed by atoms with van der Waals surface area (Å²) in [6.45, 7) is 5.16. The Hall–Kier alpha value is -1.58. The predicted octanol–water partition coefficient (Wildman–Crippen LogP) is 2.94. The first-order chi connectivity index (χ1) is 8.52. The lowest BCUT2D eigenvalue weighted by atomic mass is 10.1. The van der Waals surface area contributed by atoms with Crippen LogP contribution in [0.15, 0.2) is 12.1 Å². The van der Waals surface area contributed by atoms with Crippen LogP contribution in [0.3, 0.4) is 0 Å². The molecule has 0 radical (unpaired) electrons. The minimum Gasteiger partial charge on any atom is -0.478 e. The predicted molar refractivity (Wildman–Crippen MR) is 71.0 cm³/mol. The highest BCUT2D eigenvalue weighted by Gasteiger charge is 2.36. The quantitative estimate of drug-likeness (QED) is 0.812. The summed E-state index contributed by atoms with van der Waals surface area (Å²) in [6.07, 6.45) is 4.25. The highest BCUT2D eigenvalue weighted by atomic mass is 16.4. The first-order valence-electron chi connectivity index (χ1n) is 6.50. The van der Waals surface area contributed by atoms with E-state index in [4.69, 9.17) is 5.11 Å². The zero-order chi connectivity index (χ0) is 13.2. The molecule has 1 aliphatic carbocycles. The van der Waals surface area contributed by atoms with Gasteiger partial charge in [-0.3, -0.25) is 0 Å². The Bertz CT molecular complexity index is 453. The zero-order valence-electron chi connectivity index (χ0n) is 11.0. The van der Waals surface area contributed by atoms with Crippen molar-refractivity contribution in [2.24, 2.45) is 5.41 Å². The van der Waals surface area contributed by atoms with E-state index >= 15 is 0 Å². The second-order valence-electron chi connectivity index (χ2n) is 5.45. The maximum atomic E-state index is 11.1. The summed E-state index contributed by atoms with van der Waals surface area (Å²) in [6, 6.07) is 3.28. The summed E-state index contributed by atoms with van der Waals surface area (Å²) in [4.78, 5) is 15.5. The molecular weight excluding hydrogens is 228 g/mol. The summed E-state index contributed by atoms with van der Waals surface area (Å²) in [7, 11) is 0. The minimum atomic E-state index is -0.893. The molecule has 2 rings (SSSR count). The number of aromatic carboxylic acids is 1. The van der Waals surface area contributed by atoms with Gasteiger partial charge < -0.3 is 10.4 Å². The number of nitrogens with one attached hydrogen (secondary N) is 1. The SMILES string of the molecule is CCCc1cc(C(=O)O)cc(NCC2(C)CC2)n1. The molecule has 0 bridgehead atoms. The fraction of sp³-hybridized carbons (Fsp3) is 0.571. The summed E-state index contributed by atoms with van der Waals surface area (Å²) in [5.41, 5.74) is 1.55. The standard InChI is InChI=1S/C14H20N2O2/c1-3-4-11-7-10(13(17)18)8-12(16-11)15-9-14(2)5-6-14/h7-8H,3-6,9H2,1-2H3,(H,15,16)(H,17,18). The van der Waals surface area contributed by atoms with Crippen molar-refractivity contribution >= 4 is 11.8 Å². The Morgan fingerprint density at radius 1 is 1.50 bits per heavy atom. The molecule has 0 amide bonds. The van der Waals surface area contributed by atoms with Crippen molar-refractivity contribution in [3.8, 4) is 0 Å². The lowest BCUT2D eigenvalue weighted by molar-refractivity contribution is 0.0696. The molecule has 1 heterocycles. The lowest BCUT2D eigenvalue weighted by Crippen LogP contribution is -2.14. The Balaban J connectivity index is 2.13. The van der Waals surface area contributed by atoms with Crippen molar-refractivity contribution in [2.75, 3.05) is 11.9 Å². The monoisotopic (exact) mass is 248 g/mol. The van der Waals surface area contributed by atoms with Crippen LogP contribution in [0.1, 0.15) is 49.2 Å². The molecule has 2 N–H and O–H groups in total. The number of aryl methyl sites for hydroxylation is 1. The average Bonchev–Trinajstić information content (AvgIpc) is 3.06. The molecule has 1 fully saturated rings. The van der Waals surface area contributed by atoms with Gasteiger partial charge in [-0.05, 0) is 36.8 Å². The summed E-state index contributed by atoms with van der Waals surface area (Å²) in [5.74, 6) is -0.207. The van der Waals surface area contributed by atoms with Gasteiger partial charge in [0.15, 0.2) is 0 Å². The number of hydrogen-bond donors (Lipinski definition) is 2. The second kappa shape index (κ2) is 4.96. The number of carbonyl (C=O) groups is 1. The van der Waals surface area contributed by atoms with E-state index in [1.54, 1.807) is 12.1 Å². The van der Waals surface area contributed by atoms with Gasteiger partial charge >= 0.3 is 5.97 Å². The fourth-order valence-electron chi connectivity index (χ4n) is 1.88. The largest absolute Gasteiger partial charge is 0.478 e. The van der Waals surface area contributed by atoms with Crippen LogP contribution in [0.5, 0.6) is 0 Å². The number of carboxylic acids is 1. The van der Waals surface area contributed by atoms with Crippen LogP contribution in [-0.4, -0.2) is 22.6 Å². The van der Waals surface area contributed by atoms with Crippen molar-refractivity contribution in [3.05, 3.63) is 23.4 Å². The van der Waals surface area contributed by atoms with Gasteiger partial charge in [-0.1, -0.05) is 20.3 Å². The van der Waals surface area contributed by atoms with Crippen molar-refractivity contribution in [2.45, 2.75) is 39.5 Å². The Labute approximate surface area is 107 Å². The molecule has 1 aromatic heterocycles. The van der Waals surface area contributed by atoms with Crippen molar-refractivity contribution in [1.82, 2.24) is 4.98 Å². The van der Waals surface area contributed by atoms with E-state index in [1.165, 1.54) is 12.8 Å². The molecule has 18 heavy (non-hydrogen) atoms. The molecule has 4 nitrogen and oxygen atoms in total. The number of anilines is 1. The van der Waals surface area contributed by atoms with Gasteiger partial charge in [-0.2, -0.15) is 0 Å². The van der Waals surface area contributed by atoms with E-state index in [1.807, 2.05) is 0 Å². The minimum absolute atomic E-state index is 0.317. The van der Waals surface area contributed by atoms with Crippen molar-refractivity contribution in [3.63, 3.8) is 0 Å². The number of carboxylic acid groups (broad SMARTS) is 1. The first-order valence-corrected chi connectivity index (χ1v) is 6.50. The maximum absolute atomic E-state index is 11.1. The van der Waals surface area contributed by atoms with Crippen LogP contribution in [0, 0.1) is 5.41 Å². The van der Waals surface area contributed by atoms with Gasteiger partial charge in [0, 0.05) is 12.2 Å². The maximum Gasteiger partial charge on any atom is 0.335 e. The summed E-state index contributed by atoms with van der Waals surface area (Å²) < 4.78 is 0. The normalized spacial score (nSPS) is 16.3. The van der Waals surface area contributed by atoms with E-state index in [0.717, 1.165) is 25.1 Å². The van der Waals surface area contributed by atoms with Crippen LogP contribution in [0.25, 0.3) is 0 Å². The van der Waals surface area contributed by atoms with E-state index in [0.29, 0.717) is 16.8 Å². The van der Waals surface area contributed by atoms with Crippen LogP contribution >= 0.6 is 0 Å². The third-order valence-corrected chi connectivity index (χ3v) is 3.43. The van der Waals surface area contributed by atoms with Crippen LogP contribution in [-0.2, 0) is 6.42 Å². The fourth-order valence-corrected chi connectivity index (χ4v) is 1.88. The number of nitrogens with zero attached hydrogens (tertiary/aromatic N) is 1. The molecule has 4 heteroatoms. The van der Waals surface area contributed by atoms with Gasteiger partial charge in [-0.25, -0.2) is 9.78 Å². The van der Waals surface area contributed by atoms with Gasteiger partial charge in [-0.15, -0.1) is 0 Å². The lowest BCUT2D eigenvalue weighted by Gasteiger charge is -2.12. The van der Waals surface area contributed by atoms with Gasteiger partial charge in [0.05, 0.1) is 5.56 Å². The van der Waals surface area contributed by atoms with E-state index in [9.17, 15) is 4.79 Å². The van der Waals surface area contributed by atoms with Gasteiger partial charge in [0.25, 0.3) is 0 Å². The first kappa shape index (κ1) is 12.9. The number of pyridine rings is 1. The van der Waals surface area contributed by atoms with E-state index < -0.39 is 5.97 Å². The van der Waals surface area contributed by atoms with Gasteiger partial charge in [0.1, 0.15) is 5.82 Å². The zero-order valence-corrected chi connectivity index (χ0v) is 11.0. The molecule has 0 unspecified atom stereocenters. The van der Waals surface area contributed by atoms with E-state index in [2.05, 4.69) is 24.1 Å². The molecule has 1 aromatic rings. The molecule has 0 atom stereocenters. The second-order valence-corrected chi connectivity index (χ2v) is 5.45. The summed E-state index contributed by atoms with van der Waals surface area (Å²) >= 11 is 0. The molecule has 0 saturated heterocycles. The average molecular weight is 248 g/mol. The molecular formula is C14H20N2O2. The van der Waals surface area contributed by atoms with Crippen molar-refractivity contribution < 1.29 is 9.90 Å². The van der Waals surface area contributed by atoms with Crippen LogP contribution in [0.2, 0.25) is 0 Å². The molecule has 0 spiro atoms. The third-order valence-electron chi connectivity index (χ3n) is 3.43. The Morgan fingerprint density at radius 2 is 2.22 bits per heavy atom. The molecule has 0 aliphatic heterocycles. The molecule has 98 valence electrons. The van der Waals surface area contributed by atoms with Crippen LogP contribution in [0.4, 0.5) is 5.82 Å². The van der Waals surface area contributed by atoms with Crippen molar-refractivity contribution in [1.29, 1.82) is 0 Å². The smallest absolute Gasteiger partial charge is 0.335 e. The number of aromatic nitrogens is 1. The van der Waals surface area contributed by atoms with Gasteiger partial charge in [0.2, 0.25) is 0 Å². The van der Waals surface area contributed by atoms with E-state index in [-0.39, 0.29) is 0 Å². The topological polar surface area (TPSA) is 62.2 Å².